The minimum atomic E-state index is -0.833. The molecule has 1 atom stereocenters. The van der Waals surface area contributed by atoms with Crippen molar-refractivity contribution in [3.8, 4) is 6.19 Å². The van der Waals surface area contributed by atoms with E-state index in [9.17, 15) is 5.26 Å². The van der Waals surface area contributed by atoms with Gasteiger partial charge in [-0.1, -0.05) is 19.9 Å². The molecule has 1 unspecified atom stereocenters. The minimum Gasteiger partial charge on any atom is -0.481 e. The Kier molecular flexibility index (Phi) is 11.0. The quantitative estimate of drug-likeness (QED) is 0.174. The molecule has 0 bridgehead atoms. The number of aromatic nitrogens is 3. The number of pyridine rings is 1. The SMILES string of the molecule is CC(=O)O.CC(C)C1CN(c2ccnc(NCCN(C)C)n2)CCN1C(=Nc1cccc2ncccc12)NC#N. The zero-order valence-corrected chi connectivity index (χ0v) is 23.7. The molecule has 1 aliphatic rings. The lowest BCUT2D eigenvalue weighted by Crippen LogP contribution is -2.59. The number of nitrogens with zero attached hydrogens (tertiary/aromatic N) is 8. The maximum Gasteiger partial charge on any atom is 0.300 e. The van der Waals surface area contributed by atoms with Gasteiger partial charge in [-0.15, -0.1) is 0 Å². The van der Waals surface area contributed by atoms with Crippen molar-refractivity contribution in [2.45, 2.75) is 26.8 Å². The molecule has 0 amide bonds. The number of carboxylic acid groups (broad SMARTS) is 1. The normalized spacial score (nSPS) is 15.4. The number of anilines is 2. The van der Waals surface area contributed by atoms with Crippen molar-refractivity contribution in [3.63, 3.8) is 0 Å². The van der Waals surface area contributed by atoms with Crippen LogP contribution in [0.2, 0.25) is 0 Å². The Morgan fingerprint density at radius 2 is 1.98 bits per heavy atom. The third-order valence-corrected chi connectivity index (χ3v) is 6.28. The summed E-state index contributed by atoms with van der Waals surface area (Å²) in [5.41, 5.74) is 1.66. The number of piperazine rings is 1. The van der Waals surface area contributed by atoms with Crippen LogP contribution in [-0.2, 0) is 4.79 Å². The number of carboxylic acids is 1. The molecule has 0 radical (unpaired) electrons. The number of guanidine groups is 1. The van der Waals surface area contributed by atoms with Gasteiger partial charge in [0.2, 0.25) is 11.9 Å². The molecule has 3 heterocycles. The summed E-state index contributed by atoms with van der Waals surface area (Å²) in [5.74, 6) is 1.58. The lowest BCUT2D eigenvalue weighted by Gasteiger charge is -2.44. The molecule has 0 spiro atoms. The van der Waals surface area contributed by atoms with Crippen LogP contribution in [0, 0.1) is 17.4 Å². The summed E-state index contributed by atoms with van der Waals surface area (Å²) >= 11 is 0. The zero-order valence-electron chi connectivity index (χ0n) is 23.7. The van der Waals surface area contributed by atoms with Crippen molar-refractivity contribution in [2.75, 3.05) is 57.0 Å². The number of benzene rings is 1. The Balaban J connectivity index is 0.00000103. The molecule has 4 rings (SSSR count). The first-order chi connectivity index (χ1) is 19.2. The van der Waals surface area contributed by atoms with Crippen LogP contribution in [0.25, 0.3) is 10.9 Å². The fourth-order valence-corrected chi connectivity index (χ4v) is 4.37. The van der Waals surface area contributed by atoms with Crippen molar-refractivity contribution >= 4 is 40.3 Å². The summed E-state index contributed by atoms with van der Waals surface area (Å²) in [5, 5.41) is 24.1. The Morgan fingerprint density at radius 3 is 2.67 bits per heavy atom. The first-order valence-corrected chi connectivity index (χ1v) is 13.2. The summed E-state index contributed by atoms with van der Waals surface area (Å²) in [7, 11) is 4.08. The Bertz CT molecular complexity index is 1330. The van der Waals surface area contributed by atoms with E-state index in [4.69, 9.17) is 19.9 Å². The van der Waals surface area contributed by atoms with Gasteiger partial charge in [0.25, 0.3) is 5.97 Å². The van der Waals surface area contributed by atoms with Gasteiger partial charge in [0.1, 0.15) is 5.82 Å². The van der Waals surface area contributed by atoms with Gasteiger partial charge < -0.3 is 25.1 Å². The van der Waals surface area contributed by atoms with Crippen molar-refractivity contribution in [1.82, 2.24) is 30.1 Å². The van der Waals surface area contributed by atoms with E-state index < -0.39 is 5.97 Å². The topological polar surface area (TPSA) is 146 Å². The fraction of sp³-hybridized carbons (Fsp3) is 0.429. The Labute approximate surface area is 235 Å². The van der Waals surface area contributed by atoms with Crippen LogP contribution in [0.4, 0.5) is 17.5 Å². The van der Waals surface area contributed by atoms with E-state index in [2.05, 4.69) is 55.3 Å². The molecule has 12 heteroatoms. The van der Waals surface area contributed by atoms with Gasteiger partial charge in [0.05, 0.1) is 17.2 Å². The largest absolute Gasteiger partial charge is 0.481 e. The second-order valence-electron chi connectivity index (χ2n) is 9.96. The van der Waals surface area contributed by atoms with Crippen LogP contribution >= 0.6 is 0 Å². The monoisotopic (exact) mass is 546 g/mol. The van der Waals surface area contributed by atoms with Crippen LogP contribution in [0.3, 0.4) is 0 Å². The third kappa shape index (κ3) is 8.51. The predicted octanol–water partition coefficient (Wildman–Crippen LogP) is 2.99. The second-order valence-corrected chi connectivity index (χ2v) is 9.96. The molecule has 0 saturated carbocycles. The Hall–Kier alpha value is -4.50. The summed E-state index contributed by atoms with van der Waals surface area (Å²) in [6.07, 6.45) is 5.66. The fourth-order valence-electron chi connectivity index (χ4n) is 4.37. The minimum absolute atomic E-state index is 0.131. The molecule has 2 aromatic heterocycles. The van der Waals surface area contributed by atoms with E-state index in [-0.39, 0.29) is 6.04 Å². The number of fused-ring (bicyclic) bond motifs is 1. The number of carbonyl (C=O) groups is 1. The van der Waals surface area contributed by atoms with Crippen LogP contribution in [-0.4, -0.2) is 94.6 Å². The average Bonchev–Trinajstić information content (AvgIpc) is 2.92. The number of aliphatic carboxylic acids is 1. The van der Waals surface area contributed by atoms with Crippen LogP contribution < -0.4 is 15.5 Å². The molecule has 3 N–H and O–H groups in total. The van der Waals surface area contributed by atoms with Gasteiger partial charge in [-0.3, -0.25) is 15.1 Å². The van der Waals surface area contributed by atoms with Gasteiger partial charge in [-0.05, 0) is 50.3 Å². The van der Waals surface area contributed by atoms with Gasteiger partial charge in [-0.25, -0.2) is 9.98 Å². The summed E-state index contributed by atoms with van der Waals surface area (Å²) in [6, 6.07) is 11.8. The number of hydrogen-bond donors (Lipinski definition) is 3. The molecular weight excluding hydrogens is 508 g/mol. The molecular formula is C28H38N10O2. The number of aliphatic imine (C=N–C) groups is 1. The number of rotatable bonds is 7. The average molecular weight is 547 g/mol. The summed E-state index contributed by atoms with van der Waals surface area (Å²) in [4.78, 5) is 34.1. The lowest BCUT2D eigenvalue weighted by molar-refractivity contribution is -0.134. The highest BCUT2D eigenvalue weighted by molar-refractivity contribution is 5.94. The van der Waals surface area contributed by atoms with E-state index in [0.29, 0.717) is 24.4 Å². The van der Waals surface area contributed by atoms with Gasteiger partial charge >= 0.3 is 0 Å². The van der Waals surface area contributed by atoms with Gasteiger partial charge in [-0.2, -0.15) is 10.2 Å². The molecule has 1 saturated heterocycles. The smallest absolute Gasteiger partial charge is 0.300 e. The predicted molar refractivity (Wildman–Crippen MR) is 158 cm³/mol. The molecule has 40 heavy (non-hydrogen) atoms. The molecule has 0 aliphatic carbocycles. The Morgan fingerprint density at radius 1 is 1.20 bits per heavy atom. The van der Waals surface area contributed by atoms with E-state index in [1.165, 1.54) is 0 Å². The third-order valence-electron chi connectivity index (χ3n) is 6.28. The molecule has 12 nitrogen and oxygen atoms in total. The molecule has 1 fully saturated rings. The second kappa shape index (κ2) is 14.6. The van der Waals surface area contributed by atoms with Crippen LogP contribution in [0.1, 0.15) is 20.8 Å². The first kappa shape index (κ1) is 30.0. The molecule has 3 aromatic rings. The van der Waals surface area contributed by atoms with E-state index in [1.807, 2.05) is 50.5 Å². The van der Waals surface area contributed by atoms with E-state index >= 15 is 0 Å². The highest BCUT2D eigenvalue weighted by Crippen LogP contribution is 2.27. The van der Waals surface area contributed by atoms with Crippen molar-refractivity contribution in [1.29, 1.82) is 5.26 Å². The van der Waals surface area contributed by atoms with Gasteiger partial charge in [0.15, 0.2) is 6.19 Å². The van der Waals surface area contributed by atoms with Crippen LogP contribution in [0.15, 0.2) is 53.8 Å². The maximum atomic E-state index is 9.53. The standard InChI is InChI=1S/C26H34N10.C2H4O2/c1-19(2)23-17-35(24-10-12-29-25(33-24)30-13-14-34(3)4)15-16-36(23)26(31-18-27)32-22-9-5-8-21-20(22)7-6-11-28-21;1-2(3)4/h5-12,19,23H,13-17H2,1-4H3,(H,31,32)(H,29,30,33);1H3,(H,3,4). The number of nitriles is 1. The summed E-state index contributed by atoms with van der Waals surface area (Å²) < 4.78 is 0. The highest BCUT2D eigenvalue weighted by atomic mass is 16.4. The van der Waals surface area contributed by atoms with Crippen molar-refractivity contribution in [2.24, 2.45) is 10.9 Å². The molecule has 1 aromatic carbocycles. The number of hydrogen-bond acceptors (Lipinski definition) is 9. The van der Waals surface area contributed by atoms with E-state index in [1.54, 1.807) is 12.4 Å². The maximum absolute atomic E-state index is 9.53. The molecule has 212 valence electrons. The van der Waals surface area contributed by atoms with Crippen LogP contribution in [0.5, 0.6) is 0 Å². The summed E-state index contributed by atoms with van der Waals surface area (Å²) in [6.45, 7) is 9.37. The first-order valence-electron chi connectivity index (χ1n) is 13.2. The van der Waals surface area contributed by atoms with E-state index in [0.717, 1.165) is 55.5 Å². The lowest BCUT2D eigenvalue weighted by atomic mass is 9.99. The zero-order chi connectivity index (χ0) is 29.1. The number of nitrogens with one attached hydrogen (secondary N) is 2. The van der Waals surface area contributed by atoms with Gasteiger partial charge in [0, 0.05) is 57.4 Å². The highest BCUT2D eigenvalue weighted by Gasteiger charge is 2.32. The number of likely N-dealkylation sites (N-methyl/N-ethyl adjacent to an activating group) is 1. The molecule has 1 aliphatic heterocycles. The van der Waals surface area contributed by atoms with Crippen molar-refractivity contribution in [3.05, 3.63) is 48.8 Å². The van der Waals surface area contributed by atoms with Crippen molar-refractivity contribution < 1.29 is 9.90 Å².